The summed E-state index contributed by atoms with van der Waals surface area (Å²) in [5.74, 6) is 0.245. The molecular formula is C32H41ClN4O4S. The number of nitrogens with one attached hydrogen (secondary N) is 1. The van der Waals surface area contributed by atoms with Gasteiger partial charge in [0.25, 0.3) is 0 Å². The topological polar surface area (TPSA) is 93.7 Å². The van der Waals surface area contributed by atoms with Crippen LogP contribution in [0.2, 0.25) is 5.02 Å². The molecule has 8 nitrogen and oxygen atoms in total. The number of halogens is 1. The first-order valence-corrected chi connectivity index (χ1v) is 15.7. The molecule has 5 rings (SSSR count). The Kier molecular flexibility index (Phi) is 16.3. The molecule has 2 aromatic heterocycles. The minimum absolute atomic E-state index is 0.245. The van der Waals surface area contributed by atoms with E-state index in [1.54, 1.807) is 41.0 Å². The van der Waals surface area contributed by atoms with E-state index in [2.05, 4.69) is 22.2 Å². The van der Waals surface area contributed by atoms with Gasteiger partial charge >= 0.3 is 0 Å². The first-order valence-electron chi connectivity index (χ1n) is 14.1. The number of carbonyl (C=O) groups is 1. The largest absolute Gasteiger partial charge is 0.388 e. The maximum atomic E-state index is 11.6. The maximum absolute atomic E-state index is 11.6. The third-order valence-corrected chi connectivity index (χ3v) is 7.36. The van der Waals surface area contributed by atoms with Crippen molar-refractivity contribution in [2.75, 3.05) is 49.0 Å². The monoisotopic (exact) mass is 612 g/mol. The van der Waals surface area contributed by atoms with E-state index >= 15 is 0 Å². The molecule has 0 bridgehead atoms. The van der Waals surface area contributed by atoms with Crippen molar-refractivity contribution in [3.8, 4) is 11.3 Å². The Hall–Kier alpha value is -3.37. The number of hydrogen-bond acceptors (Lipinski definition) is 7. The van der Waals surface area contributed by atoms with E-state index in [4.69, 9.17) is 21.1 Å². The van der Waals surface area contributed by atoms with Crippen molar-refractivity contribution in [3.63, 3.8) is 0 Å². The molecule has 2 aromatic carbocycles. The number of hydrogen-bond donors (Lipinski definition) is 1. The van der Waals surface area contributed by atoms with Crippen LogP contribution < -0.4 is 9.62 Å². The second-order valence-corrected chi connectivity index (χ2v) is 10.3. The summed E-state index contributed by atoms with van der Waals surface area (Å²) in [5, 5.41) is 4.79. The summed E-state index contributed by atoms with van der Waals surface area (Å²) in [6, 6.07) is 18.7. The number of carbonyl (C=O) groups excluding carboxylic acids is 1. The highest BCUT2D eigenvalue weighted by atomic mass is 35.5. The lowest BCUT2D eigenvalue weighted by molar-refractivity contribution is 0.112. The SMILES string of the molecule is CC.CCCOCC.CNc1ccc(Cl)c(-c2nccc3ncccc23)c1.O=Cc1ccc(N2CCOCS2=O)cc1. The summed E-state index contributed by atoms with van der Waals surface area (Å²) >= 11 is 6.30. The smallest absolute Gasteiger partial charge is 0.150 e. The van der Waals surface area contributed by atoms with Gasteiger partial charge in [-0.3, -0.25) is 19.1 Å². The summed E-state index contributed by atoms with van der Waals surface area (Å²) in [5.41, 5.74) is 5.17. The lowest BCUT2D eigenvalue weighted by atomic mass is 10.1. The van der Waals surface area contributed by atoms with Gasteiger partial charge in [-0.1, -0.05) is 32.4 Å². The third-order valence-electron chi connectivity index (χ3n) is 5.78. The number of ether oxygens (including phenoxy) is 2. The van der Waals surface area contributed by atoms with Crippen LogP contribution in [0.4, 0.5) is 11.4 Å². The van der Waals surface area contributed by atoms with Crippen LogP contribution in [0.15, 0.2) is 73.1 Å². The van der Waals surface area contributed by atoms with E-state index in [-0.39, 0.29) is 5.94 Å². The van der Waals surface area contributed by atoms with Crippen LogP contribution in [0.25, 0.3) is 22.2 Å². The Balaban J connectivity index is 0.000000239. The van der Waals surface area contributed by atoms with Gasteiger partial charge in [-0.15, -0.1) is 0 Å². The van der Waals surface area contributed by atoms with Gasteiger partial charge in [0.1, 0.15) is 23.2 Å². The number of fused-ring (bicyclic) bond motifs is 1. The van der Waals surface area contributed by atoms with Crippen LogP contribution in [-0.4, -0.2) is 59.8 Å². The first-order chi connectivity index (χ1) is 20.5. The van der Waals surface area contributed by atoms with Crippen molar-refractivity contribution in [1.82, 2.24) is 9.97 Å². The number of aldehydes is 1. The van der Waals surface area contributed by atoms with Crippen LogP contribution in [0.3, 0.4) is 0 Å². The Morgan fingerprint density at radius 1 is 1.07 bits per heavy atom. The summed E-state index contributed by atoms with van der Waals surface area (Å²) < 4.78 is 23.4. The van der Waals surface area contributed by atoms with Gasteiger partial charge in [0.15, 0.2) is 0 Å². The molecule has 226 valence electrons. The second-order valence-electron chi connectivity index (χ2n) is 8.53. The second kappa shape index (κ2) is 19.7. The average Bonchev–Trinajstić information content (AvgIpc) is 3.05. The van der Waals surface area contributed by atoms with E-state index in [0.29, 0.717) is 23.7 Å². The molecule has 1 aliphatic rings. The van der Waals surface area contributed by atoms with Crippen LogP contribution >= 0.6 is 11.6 Å². The number of rotatable bonds is 7. The molecule has 42 heavy (non-hydrogen) atoms. The summed E-state index contributed by atoms with van der Waals surface area (Å²) in [4.78, 5) is 19.3. The molecule has 3 heterocycles. The van der Waals surface area contributed by atoms with Crippen LogP contribution in [-0.2, 0) is 20.5 Å². The highest BCUT2D eigenvalue weighted by Gasteiger charge is 2.18. The molecule has 0 saturated carbocycles. The van der Waals surface area contributed by atoms with Crippen molar-refractivity contribution in [2.24, 2.45) is 0 Å². The Morgan fingerprint density at radius 2 is 1.83 bits per heavy atom. The molecule has 1 aliphatic heterocycles. The first kappa shape index (κ1) is 34.8. The molecule has 0 spiro atoms. The predicted octanol–water partition coefficient (Wildman–Crippen LogP) is 7.41. The van der Waals surface area contributed by atoms with E-state index in [1.807, 2.05) is 64.2 Å². The average molecular weight is 613 g/mol. The van der Waals surface area contributed by atoms with E-state index in [0.717, 1.165) is 59.5 Å². The fourth-order valence-electron chi connectivity index (χ4n) is 3.78. The minimum Gasteiger partial charge on any atom is -0.388 e. The summed E-state index contributed by atoms with van der Waals surface area (Å²) in [7, 11) is 0.765. The van der Waals surface area contributed by atoms with Crippen molar-refractivity contribution in [1.29, 1.82) is 0 Å². The van der Waals surface area contributed by atoms with Crippen LogP contribution in [0.5, 0.6) is 0 Å². The Morgan fingerprint density at radius 3 is 2.45 bits per heavy atom. The maximum Gasteiger partial charge on any atom is 0.150 e. The van der Waals surface area contributed by atoms with Gasteiger partial charge in [-0.05, 0) is 74.0 Å². The molecule has 1 fully saturated rings. The standard InChI is InChI=1S/C15H12ClN3.C10H11NO3S.C5H12O.C2H6/c1-17-10-4-5-13(16)12(9-10)15-11-3-2-7-18-14(11)6-8-19-15;12-7-9-1-3-10(4-2-9)11-5-6-14-8-15(11)13;1-3-5-6-4-2;1-2/h2-9,17H,1H3;1-4,7H,5-6,8H2;3-5H2,1-2H3;1-2H3. The molecular weight excluding hydrogens is 572 g/mol. The van der Waals surface area contributed by atoms with Gasteiger partial charge < -0.3 is 14.8 Å². The van der Waals surface area contributed by atoms with E-state index in [9.17, 15) is 9.00 Å². The van der Waals surface area contributed by atoms with Gasteiger partial charge in [-0.2, -0.15) is 0 Å². The van der Waals surface area contributed by atoms with Crippen LogP contribution in [0.1, 0.15) is 44.5 Å². The normalized spacial score (nSPS) is 13.9. The van der Waals surface area contributed by atoms with E-state index < -0.39 is 11.0 Å². The predicted molar refractivity (Wildman–Crippen MR) is 176 cm³/mol. The van der Waals surface area contributed by atoms with Crippen LogP contribution in [0, 0.1) is 0 Å². The molecule has 0 aliphatic carbocycles. The molecule has 1 atom stereocenters. The van der Waals surface area contributed by atoms with Crippen molar-refractivity contribution in [3.05, 3.63) is 83.6 Å². The summed E-state index contributed by atoms with van der Waals surface area (Å²) in [6.07, 6.45) is 5.46. The van der Waals surface area contributed by atoms with Crippen molar-refractivity contribution < 1.29 is 18.5 Å². The van der Waals surface area contributed by atoms with Gasteiger partial charge in [0, 0.05) is 60.5 Å². The molecule has 1 saturated heterocycles. The lowest BCUT2D eigenvalue weighted by Gasteiger charge is -2.27. The third kappa shape index (κ3) is 10.5. The number of benzene rings is 2. The number of nitrogens with zero attached hydrogens (tertiary/aromatic N) is 3. The highest BCUT2D eigenvalue weighted by molar-refractivity contribution is 7.86. The lowest BCUT2D eigenvalue weighted by Crippen LogP contribution is -2.36. The Labute approximate surface area is 257 Å². The fraction of sp³-hybridized carbons (Fsp3) is 0.344. The summed E-state index contributed by atoms with van der Waals surface area (Å²) in [6.45, 7) is 11.1. The number of anilines is 2. The zero-order valence-electron chi connectivity index (χ0n) is 25.0. The molecule has 4 aromatic rings. The quantitative estimate of drug-likeness (QED) is 0.172. The van der Waals surface area contributed by atoms with Crippen molar-refractivity contribution in [2.45, 2.75) is 34.1 Å². The van der Waals surface area contributed by atoms with Gasteiger partial charge in [0.2, 0.25) is 0 Å². The Bertz CT molecular complexity index is 1380. The molecule has 1 N–H and O–H groups in total. The molecule has 10 heteroatoms. The number of aromatic nitrogens is 2. The fourth-order valence-corrected chi connectivity index (χ4v) is 5.01. The van der Waals surface area contributed by atoms with E-state index in [1.165, 1.54) is 0 Å². The number of pyridine rings is 2. The highest BCUT2D eigenvalue weighted by Crippen LogP contribution is 2.33. The zero-order valence-corrected chi connectivity index (χ0v) is 26.6. The molecule has 1 unspecified atom stereocenters. The van der Waals surface area contributed by atoms with Gasteiger partial charge in [-0.25, -0.2) is 4.21 Å². The van der Waals surface area contributed by atoms with Crippen molar-refractivity contribution >= 4 is 51.2 Å². The van der Waals surface area contributed by atoms with Gasteiger partial charge in [0.05, 0.1) is 29.4 Å². The minimum atomic E-state index is -1.11. The molecule has 0 radical (unpaired) electrons. The zero-order chi connectivity index (χ0) is 30.7. The molecule has 0 amide bonds.